The number of rotatable bonds is 1. The molecule has 62 valence electrons. The van der Waals surface area contributed by atoms with Crippen LogP contribution in [0.1, 0.15) is 47.0 Å². The SMILES string of the molecule is C=CCC.CC.CC1CC1. The highest BCUT2D eigenvalue weighted by atomic mass is 14.2. The third-order valence-corrected chi connectivity index (χ3v) is 1.15. The van der Waals surface area contributed by atoms with Gasteiger partial charge in [0.2, 0.25) is 0 Å². The highest BCUT2D eigenvalue weighted by Gasteiger charge is 2.12. The third kappa shape index (κ3) is 25.1. The van der Waals surface area contributed by atoms with E-state index in [4.69, 9.17) is 0 Å². The van der Waals surface area contributed by atoms with Crippen LogP contribution in [0.2, 0.25) is 0 Å². The fraction of sp³-hybridized carbons (Fsp3) is 0.800. The topological polar surface area (TPSA) is 0 Å². The molecule has 0 N–H and O–H groups in total. The molecule has 0 saturated heterocycles. The van der Waals surface area contributed by atoms with Gasteiger partial charge >= 0.3 is 0 Å². The molecule has 0 aromatic carbocycles. The Morgan fingerprint density at radius 1 is 1.40 bits per heavy atom. The smallest absolute Gasteiger partial charge is 0.0382 e. The number of hydrogen-bond donors (Lipinski definition) is 0. The molecule has 0 aliphatic heterocycles. The van der Waals surface area contributed by atoms with E-state index in [9.17, 15) is 0 Å². The fourth-order valence-electron chi connectivity index (χ4n) is 0.167. The summed E-state index contributed by atoms with van der Waals surface area (Å²) in [7, 11) is 0. The van der Waals surface area contributed by atoms with Crippen molar-refractivity contribution in [1.82, 2.24) is 0 Å². The van der Waals surface area contributed by atoms with Crippen LogP contribution in [0.4, 0.5) is 0 Å². The molecule has 0 atom stereocenters. The molecule has 1 aliphatic carbocycles. The molecule has 0 spiro atoms. The highest BCUT2D eigenvalue weighted by Crippen LogP contribution is 2.26. The quantitative estimate of drug-likeness (QED) is 0.485. The van der Waals surface area contributed by atoms with E-state index >= 15 is 0 Å². The lowest BCUT2D eigenvalue weighted by atomic mass is 10.5. The maximum Gasteiger partial charge on any atom is -0.0382 e. The highest BCUT2D eigenvalue weighted by molar-refractivity contribution is 4.65. The van der Waals surface area contributed by atoms with Gasteiger partial charge in [0.1, 0.15) is 0 Å². The normalized spacial score (nSPS) is 13.6. The van der Waals surface area contributed by atoms with Gasteiger partial charge in [-0.05, 0) is 12.3 Å². The maximum absolute atomic E-state index is 3.48. The number of allylic oxidation sites excluding steroid dienone is 1. The molecule has 0 radical (unpaired) electrons. The first kappa shape index (κ1) is 12.4. The molecule has 0 heteroatoms. The minimum atomic E-state index is 1.08. The van der Waals surface area contributed by atoms with Gasteiger partial charge in [0.15, 0.2) is 0 Å². The van der Waals surface area contributed by atoms with Crippen LogP contribution in [0, 0.1) is 5.92 Å². The van der Waals surface area contributed by atoms with Crippen LogP contribution in [-0.4, -0.2) is 0 Å². The van der Waals surface area contributed by atoms with E-state index in [2.05, 4.69) is 20.4 Å². The van der Waals surface area contributed by atoms with E-state index in [1.54, 1.807) is 0 Å². The number of hydrogen-bond acceptors (Lipinski definition) is 0. The van der Waals surface area contributed by atoms with E-state index < -0.39 is 0 Å². The Hall–Kier alpha value is -0.260. The predicted octanol–water partition coefficient (Wildman–Crippen LogP) is 4.02. The molecule has 0 bridgehead atoms. The summed E-state index contributed by atoms with van der Waals surface area (Å²) in [5.74, 6) is 1.08. The molecule has 1 fully saturated rings. The van der Waals surface area contributed by atoms with E-state index in [0.29, 0.717) is 0 Å². The van der Waals surface area contributed by atoms with Gasteiger partial charge < -0.3 is 0 Å². The summed E-state index contributed by atoms with van der Waals surface area (Å²) in [6.45, 7) is 11.8. The third-order valence-electron chi connectivity index (χ3n) is 1.15. The average Bonchev–Trinajstić information content (AvgIpc) is 2.77. The van der Waals surface area contributed by atoms with Gasteiger partial charge in [0.05, 0.1) is 0 Å². The van der Waals surface area contributed by atoms with Crippen LogP contribution in [0.5, 0.6) is 0 Å². The van der Waals surface area contributed by atoms with Crippen LogP contribution < -0.4 is 0 Å². The first-order valence-corrected chi connectivity index (χ1v) is 4.42. The van der Waals surface area contributed by atoms with Crippen LogP contribution in [0.25, 0.3) is 0 Å². The predicted molar refractivity (Wildman–Crippen MR) is 50.2 cm³/mol. The van der Waals surface area contributed by atoms with Crippen molar-refractivity contribution < 1.29 is 0 Å². The molecule has 0 aromatic heterocycles. The Morgan fingerprint density at radius 2 is 1.60 bits per heavy atom. The molecule has 0 nitrogen and oxygen atoms in total. The Morgan fingerprint density at radius 3 is 1.60 bits per heavy atom. The van der Waals surface area contributed by atoms with Crippen molar-refractivity contribution in [3.63, 3.8) is 0 Å². The average molecular weight is 142 g/mol. The van der Waals surface area contributed by atoms with Crippen molar-refractivity contribution in [3.8, 4) is 0 Å². The van der Waals surface area contributed by atoms with E-state index in [1.165, 1.54) is 12.8 Å². The van der Waals surface area contributed by atoms with Crippen molar-refractivity contribution in [2.24, 2.45) is 5.92 Å². The molecular weight excluding hydrogens is 120 g/mol. The van der Waals surface area contributed by atoms with Crippen LogP contribution in [0.3, 0.4) is 0 Å². The van der Waals surface area contributed by atoms with Gasteiger partial charge in [-0.2, -0.15) is 0 Å². The zero-order valence-electron chi connectivity index (χ0n) is 7.98. The summed E-state index contributed by atoms with van der Waals surface area (Å²) >= 11 is 0. The molecule has 1 rings (SSSR count). The van der Waals surface area contributed by atoms with E-state index in [1.807, 2.05) is 19.9 Å². The molecule has 1 saturated carbocycles. The van der Waals surface area contributed by atoms with Crippen molar-refractivity contribution >= 4 is 0 Å². The standard InChI is InChI=1S/2C4H8.C2H6/c1-4-2-3-4;1-3-4-2;1-2/h4H,2-3H2,1H3;3H,1,4H2,2H3;1-2H3. The second-order valence-corrected chi connectivity index (χ2v) is 2.38. The summed E-state index contributed by atoms with van der Waals surface area (Å²) in [5.41, 5.74) is 0. The van der Waals surface area contributed by atoms with Crippen LogP contribution in [-0.2, 0) is 0 Å². The summed E-state index contributed by atoms with van der Waals surface area (Å²) in [6.07, 6.45) is 5.93. The summed E-state index contributed by atoms with van der Waals surface area (Å²) in [5, 5.41) is 0. The van der Waals surface area contributed by atoms with Crippen molar-refractivity contribution in [2.75, 3.05) is 0 Å². The lowest BCUT2D eigenvalue weighted by Gasteiger charge is -1.57. The Bertz CT molecular complexity index is 51.1. The largest absolute Gasteiger partial charge is 0.103 e. The van der Waals surface area contributed by atoms with E-state index in [-0.39, 0.29) is 0 Å². The minimum absolute atomic E-state index is 1.08. The Labute approximate surface area is 66.3 Å². The van der Waals surface area contributed by atoms with Crippen LogP contribution >= 0.6 is 0 Å². The van der Waals surface area contributed by atoms with Gasteiger partial charge in [-0.15, -0.1) is 6.58 Å². The first-order valence-electron chi connectivity index (χ1n) is 4.42. The molecule has 1 aliphatic rings. The molecular formula is C10H22. The zero-order chi connectivity index (χ0) is 8.41. The molecule has 0 unspecified atom stereocenters. The van der Waals surface area contributed by atoms with Crippen molar-refractivity contribution in [1.29, 1.82) is 0 Å². The van der Waals surface area contributed by atoms with Gasteiger partial charge in [0.25, 0.3) is 0 Å². The molecule has 0 amide bonds. The van der Waals surface area contributed by atoms with E-state index in [0.717, 1.165) is 12.3 Å². The minimum Gasteiger partial charge on any atom is -0.103 e. The summed E-state index contributed by atoms with van der Waals surface area (Å²) in [4.78, 5) is 0. The first-order chi connectivity index (χ1) is 4.81. The maximum atomic E-state index is 3.48. The second kappa shape index (κ2) is 11.5. The zero-order valence-corrected chi connectivity index (χ0v) is 7.98. The Balaban J connectivity index is 0. The summed E-state index contributed by atoms with van der Waals surface area (Å²) in [6, 6.07) is 0. The lowest BCUT2D eigenvalue weighted by Crippen LogP contribution is -1.42. The molecule has 10 heavy (non-hydrogen) atoms. The van der Waals surface area contributed by atoms with Gasteiger partial charge in [-0.25, -0.2) is 0 Å². The van der Waals surface area contributed by atoms with Gasteiger partial charge in [0, 0.05) is 0 Å². The van der Waals surface area contributed by atoms with Gasteiger partial charge in [-0.1, -0.05) is 46.6 Å². The Kier molecular flexibility index (Phi) is 14.3. The van der Waals surface area contributed by atoms with Crippen molar-refractivity contribution in [3.05, 3.63) is 12.7 Å². The van der Waals surface area contributed by atoms with Gasteiger partial charge in [-0.3, -0.25) is 0 Å². The van der Waals surface area contributed by atoms with Crippen molar-refractivity contribution in [2.45, 2.75) is 47.0 Å². The molecule has 0 heterocycles. The van der Waals surface area contributed by atoms with Crippen LogP contribution in [0.15, 0.2) is 12.7 Å². The monoisotopic (exact) mass is 142 g/mol. The molecule has 0 aromatic rings. The summed E-state index contributed by atoms with van der Waals surface area (Å²) < 4.78 is 0. The fourth-order valence-corrected chi connectivity index (χ4v) is 0.167. The second-order valence-electron chi connectivity index (χ2n) is 2.38. The lowest BCUT2D eigenvalue weighted by molar-refractivity contribution is 0.983.